The van der Waals surface area contributed by atoms with Crippen LogP contribution in [0.3, 0.4) is 0 Å². The Balaban J connectivity index is 2.07. The molecule has 0 amide bonds. The van der Waals surface area contributed by atoms with Crippen molar-refractivity contribution < 1.29 is 14.6 Å². The van der Waals surface area contributed by atoms with E-state index in [1.54, 1.807) is 24.4 Å². The van der Waals surface area contributed by atoms with Crippen LogP contribution in [0.2, 0.25) is 0 Å². The van der Waals surface area contributed by atoms with Crippen molar-refractivity contribution in [2.45, 2.75) is 13.3 Å². The summed E-state index contributed by atoms with van der Waals surface area (Å²) in [6.45, 7) is 2.62. The Bertz CT molecular complexity index is 584. The Hall–Kier alpha value is -2.63. The van der Waals surface area contributed by atoms with Crippen molar-refractivity contribution >= 4 is 17.6 Å². The first-order chi connectivity index (χ1) is 9.69. The normalized spacial score (nSPS) is 10.1. The third-order valence-corrected chi connectivity index (χ3v) is 2.47. The van der Waals surface area contributed by atoms with Gasteiger partial charge in [-0.3, -0.25) is 0 Å². The SMILES string of the molecule is CCCOc1ccnc(Nc2ccc(C(=O)O)cc2)n1. The van der Waals surface area contributed by atoms with E-state index in [-0.39, 0.29) is 5.56 Å². The second-order valence-electron chi connectivity index (χ2n) is 4.07. The third-order valence-electron chi connectivity index (χ3n) is 2.47. The fraction of sp³-hybridized carbons (Fsp3) is 0.214. The zero-order valence-electron chi connectivity index (χ0n) is 11.0. The molecule has 0 radical (unpaired) electrons. The summed E-state index contributed by atoms with van der Waals surface area (Å²) in [5, 5.41) is 11.8. The Morgan fingerprint density at radius 2 is 2.05 bits per heavy atom. The minimum atomic E-state index is -0.956. The van der Waals surface area contributed by atoms with Crippen LogP contribution in [0.5, 0.6) is 5.88 Å². The van der Waals surface area contributed by atoms with Crippen LogP contribution in [0.25, 0.3) is 0 Å². The molecule has 0 unspecified atom stereocenters. The molecule has 2 aromatic rings. The topological polar surface area (TPSA) is 84.3 Å². The van der Waals surface area contributed by atoms with E-state index in [1.165, 1.54) is 12.1 Å². The second kappa shape index (κ2) is 6.51. The van der Waals surface area contributed by atoms with Crippen molar-refractivity contribution in [2.75, 3.05) is 11.9 Å². The van der Waals surface area contributed by atoms with E-state index >= 15 is 0 Å². The Kier molecular flexibility index (Phi) is 4.49. The van der Waals surface area contributed by atoms with Crippen molar-refractivity contribution in [3.05, 3.63) is 42.1 Å². The number of carboxylic acids is 1. The molecular weight excluding hydrogens is 258 g/mol. The number of carbonyl (C=O) groups is 1. The van der Waals surface area contributed by atoms with Crippen LogP contribution >= 0.6 is 0 Å². The molecule has 0 bridgehead atoms. The minimum Gasteiger partial charge on any atom is -0.478 e. The summed E-state index contributed by atoms with van der Waals surface area (Å²) < 4.78 is 5.42. The summed E-state index contributed by atoms with van der Waals surface area (Å²) in [5.41, 5.74) is 0.944. The van der Waals surface area contributed by atoms with Gasteiger partial charge in [-0.1, -0.05) is 6.92 Å². The lowest BCUT2D eigenvalue weighted by molar-refractivity contribution is 0.0697. The molecule has 0 fully saturated rings. The van der Waals surface area contributed by atoms with Crippen molar-refractivity contribution in [2.24, 2.45) is 0 Å². The molecule has 0 saturated carbocycles. The van der Waals surface area contributed by atoms with Crippen LogP contribution in [0, 0.1) is 0 Å². The Morgan fingerprint density at radius 1 is 1.30 bits per heavy atom. The summed E-state index contributed by atoms with van der Waals surface area (Å²) in [7, 11) is 0. The molecule has 0 atom stereocenters. The predicted molar refractivity (Wildman–Crippen MR) is 74.5 cm³/mol. The number of nitrogens with one attached hydrogen (secondary N) is 1. The van der Waals surface area contributed by atoms with Gasteiger partial charge in [-0.2, -0.15) is 4.98 Å². The lowest BCUT2D eigenvalue weighted by Gasteiger charge is -2.07. The molecule has 1 aromatic heterocycles. The van der Waals surface area contributed by atoms with E-state index < -0.39 is 5.97 Å². The maximum absolute atomic E-state index is 10.8. The number of carboxylic acid groups (broad SMARTS) is 1. The van der Waals surface area contributed by atoms with E-state index in [2.05, 4.69) is 15.3 Å². The van der Waals surface area contributed by atoms with E-state index in [9.17, 15) is 4.79 Å². The fourth-order valence-corrected chi connectivity index (χ4v) is 1.51. The van der Waals surface area contributed by atoms with Gasteiger partial charge in [0.25, 0.3) is 0 Å². The van der Waals surface area contributed by atoms with Crippen molar-refractivity contribution in [1.29, 1.82) is 0 Å². The third kappa shape index (κ3) is 3.68. The van der Waals surface area contributed by atoms with Gasteiger partial charge in [0.2, 0.25) is 11.8 Å². The number of anilines is 2. The Morgan fingerprint density at radius 3 is 2.70 bits per heavy atom. The maximum atomic E-state index is 10.8. The smallest absolute Gasteiger partial charge is 0.335 e. The molecule has 2 rings (SSSR count). The molecule has 6 heteroatoms. The van der Waals surface area contributed by atoms with Crippen LogP contribution < -0.4 is 10.1 Å². The molecule has 2 N–H and O–H groups in total. The van der Waals surface area contributed by atoms with Gasteiger partial charge >= 0.3 is 5.97 Å². The number of ether oxygens (including phenoxy) is 1. The number of hydrogen-bond donors (Lipinski definition) is 2. The molecule has 0 aliphatic heterocycles. The summed E-state index contributed by atoms with van der Waals surface area (Å²) in [6.07, 6.45) is 2.51. The second-order valence-corrected chi connectivity index (χ2v) is 4.07. The van der Waals surface area contributed by atoms with Gasteiger partial charge in [0, 0.05) is 18.0 Å². The van der Waals surface area contributed by atoms with Crippen LogP contribution in [-0.4, -0.2) is 27.7 Å². The van der Waals surface area contributed by atoms with Gasteiger partial charge in [0.15, 0.2) is 0 Å². The lowest BCUT2D eigenvalue weighted by atomic mass is 10.2. The van der Waals surface area contributed by atoms with Gasteiger partial charge in [-0.05, 0) is 30.7 Å². The first-order valence-corrected chi connectivity index (χ1v) is 6.25. The van der Waals surface area contributed by atoms with Crippen molar-refractivity contribution in [3.63, 3.8) is 0 Å². The van der Waals surface area contributed by atoms with E-state index in [4.69, 9.17) is 9.84 Å². The standard InChI is InChI=1S/C14H15N3O3/c1-2-9-20-12-7-8-15-14(17-12)16-11-5-3-10(4-6-11)13(18)19/h3-8H,2,9H2,1H3,(H,18,19)(H,15,16,17). The number of aromatic carboxylic acids is 1. The number of benzene rings is 1. The van der Waals surface area contributed by atoms with E-state index in [0.29, 0.717) is 24.1 Å². The maximum Gasteiger partial charge on any atom is 0.335 e. The van der Waals surface area contributed by atoms with Gasteiger partial charge in [0.05, 0.1) is 12.2 Å². The average molecular weight is 273 g/mol. The van der Waals surface area contributed by atoms with Gasteiger partial charge < -0.3 is 15.2 Å². The molecule has 0 aliphatic carbocycles. The Labute approximate surface area is 116 Å². The molecule has 0 spiro atoms. The van der Waals surface area contributed by atoms with Crippen molar-refractivity contribution in [1.82, 2.24) is 9.97 Å². The zero-order valence-corrected chi connectivity index (χ0v) is 11.0. The minimum absolute atomic E-state index is 0.233. The highest BCUT2D eigenvalue weighted by Gasteiger charge is 2.04. The summed E-state index contributed by atoms with van der Waals surface area (Å²) in [4.78, 5) is 19.0. The van der Waals surface area contributed by atoms with Gasteiger partial charge in [-0.15, -0.1) is 0 Å². The van der Waals surface area contributed by atoms with Gasteiger partial charge in [-0.25, -0.2) is 9.78 Å². The fourth-order valence-electron chi connectivity index (χ4n) is 1.51. The molecule has 1 heterocycles. The van der Waals surface area contributed by atoms with E-state index in [0.717, 1.165) is 6.42 Å². The molecule has 6 nitrogen and oxygen atoms in total. The van der Waals surface area contributed by atoms with E-state index in [1.807, 2.05) is 6.92 Å². The van der Waals surface area contributed by atoms with Crippen LogP contribution in [0.4, 0.5) is 11.6 Å². The monoisotopic (exact) mass is 273 g/mol. The summed E-state index contributed by atoms with van der Waals surface area (Å²) >= 11 is 0. The highest BCUT2D eigenvalue weighted by atomic mass is 16.5. The lowest BCUT2D eigenvalue weighted by Crippen LogP contribution is -2.02. The van der Waals surface area contributed by atoms with Crippen LogP contribution in [0.1, 0.15) is 23.7 Å². The quantitative estimate of drug-likeness (QED) is 0.841. The molecule has 1 aromatic carbocycles. The number of rotatable bonds is 6. The van der Waals surface area contributed by atoms with Crippen LogP contribution in [0.15, 0.2) is 36.5 Å². The molecular formula is C14H15N3O3. The van der Waals surface area contributed by atoms with Crippen molar-refractivity contribution in [3.8, 4) is 5.88 Å². The first-order valence-electron chi connectivity index (χ1n) is 6.25. The first kappa shape index (κ1) is 13.8. The number of hydrogen-bond acceptors (Lipinski definition) is 5. The average Bonchev–Trinajstić information content (AvgIpc) is 2.46. The molecule has 104 valence electrons. The highest BCUT2D eigenvalue weighted by molar-refractivity contribution is 5.88. The zero-order chi connectivity index (χ0) is 14.4. The summed E-state index contributed by atoms with van der Waals surface area (Å²) in [6, 6.07) is 8.04. The molecule has 0 saturated heterocycles. The molecule has 0 aliphatic rings. The molecule has 20 heavy (non-hydrogen) atoms. The largest absolute Gasteiger partial charge is 0.478 e. The highest BCUT2D eigenvalue weighted by Crippen LogP contribution is 2.16. The number of aromatic nitrogens is 2. The predicted octanol–water partition coefficient (Wildman–Crippen LogP) is 2.71. The van der Waals surface area contributed by atoms with Gasteiger partial charge in [0.1, 0.15) is 0 Å². The summed E-state index contributed by atoms with van der Waals surface area (Å²) in [5.74, 6) is -0.0454. The number of nitrogens with zero attached hydrogens (tertiary/aromatic N) is 2. The van der Waals surface area contributed by atoms with Crippen LogP contribution in [-0.2, 0) is 0 Å².